The molecule has 1 heterocycles. The van der Waals surface area contributed by atoms with Crippen molar-refractivity contribution in [1.82, 2.24) is 9.78 Å². The number of fused-ring (bicyclic) bond motifs is 1. The predicted octanol–water partition coefficient (Wildman–Crippen LogP) is 3.50. The molecule has 0 bridgehead atoms. The Labute approximate surface area is 127 Å². The Morgan fingerprint density at radius 3 is 2.60 bits per heavy atom. The van der Waals surface area contributed by atoms with E-state index in [1.54, 1.807) is 6.20 Å². The average Bonchev–Trinajstić information content (AvgIpc) is 3.02. The quantitative estimate of drug-likeness (QED) is 0.929. The molecule has 3 nitrogen and oxygen atoms in total. The Hall–Kier alpha value is -1.13. The summed E-state index contributed by atoms with van der Waals surface area (Å²) in [4.78, 5) is 0. The summed E-state index contributed by atoms with van der Waals surface area (Å²) in [6.07, 6.45) is 4.22. The van der Waals surface area contributed by atoms with E-state index in [-0.39, 0.29) is 5.92 Å². The first-order chi connectivity index (χ1) is 9.70. The van der Waals surface area contributed by atoms with Crippen LogP contribution in [-0.4, -0.2) is 14.9 Å². The molecule has 1 atom stereocenters. The fourth-order valence-electron chi connectivity index (χ4n) is 3.10. The molecule has 0 spiro atoms. The highest BCUT2D eigenvalue weighted by Gasteiger charge is 2.31. The highest BCUT2D eigenvalue weighted by atomic mass is 79.9. The third kappa shape index (κ3) is 2.42. The summed E-state index contributed by atoms with van der Waals surface area (Å²) in [5, 5.41) is 15.1. The molecule has 0 aliphatic heterocycles. The van der Waals surface area contributed by atoms with Crippen LogP contribution in [0, 0.1) is 5.92 Å². The summed E-state index contributed by atoms with van der Waals surface area (Å²) in [6, 6.07) is 8.48. The molecule has 2 aromatic rings. The zero-order valence-corrected chi connectivity index (χ0v) is 13.2. The molecule has 0 radical (unpaired) electrons. The largest absolute Gasteiger partial charge is 0.386 e. The minimum Gasteiger partial charge on any atom is -0.386 e. The van der Waals surface area contributed by atoms with Gasteiger partial charge in [0.25, 0.3) is 0 Å². The van der Waals surface area contributed by atoms with Crippen molar-refractivity contribution in [3.63, 3.8) is 0 Å². The smallest absolute Gasteiger partial charge is 0.100 e. The van der Waals surface area contributed by atoms with Gasteiger partial charge >= 0.3 is 0 Å². The summed E-state index contributed by atoms with van der Waals surface area (Å²) in [5.41, 5.74) is 3.66. The van der Waals surface area contributed by atoms with Gasteiger partial charge in [0.05, 0.1) is 16.4 Å². The van der Waals surface area contributed by atoms with Gasteiger partial charge in [0.2, 0.25) is 0 Å². The number of hydrogen-bond acceptors (Lipinski definition) is 2. The highest BCUT2D eigenvalue weighted by molar-refractivity contribution is 9.10. The third-order valence-corrected chi connectivity index (χ3v) is 4.69. The molecule has 0 saturated heterocycles. The lowest BCUT2D eigenvalue weighted by molar-refractivity contribution is 0.103. The van der Waals surface area contributed by atoms with Crippen LogP contribution in [0.2, 0.25) is 0 Å². The summed E-state index contributed by atoms with van der Waals surface area (Å²) in [7, 11) is 0. The molecule has 4 heteroatoms. The van der Waals surface area contributed by atoms with Crippen LogP contribution in [0.25, 0.3) is 0 Å². The van der Waals surface area contributed by atoms with Crippen molar-refractivity contribution in [2.45, 2.75) is 38.8 Å². The minimum atomic E-state index is -0.467. The van der Waals surface area contributed by atoms with Gasteiger partial charge < -0.3 is 5.11 Å². The second-order valence-electron chi connectivity index (χ2n) is 5.48. The Balaban J connectivity index is 1.84. The molecule has 106 valence electrons. The van der Waals surface area contributed by atoms with Crippen LogP contribution in [0.15, 0.2) is 34.9 Å². The van der Waals surface area contributed by atoms with E-state index in [0.717, 1.165) is 36.0 Å². The van der Waals surface area contributed by atoms with Gasteiger partial charge in [0.1, 0.15) is 6.10 Å². The SMILES string of the molecule is CCCn1ncc(Br)c1C(O)C1Cc2ccccc2C1. The first-order valence-electron chi connectivity index (χ1n) is 7.16. The second kappa shape index (κ2) is 5.70. The fourth-order valence-corrected chi connectivity index (χ4v) is 3.63. The maximum Gasteiger partial charge on any atom is 0.100 e. The van der Waals surface area contributed by atoms with E-state index in [9.17, 15) is 5.11 Å². The number of nitrogens with zero attached hydrogens (tertiary/aromatic N) is 2. The Morgan fingerprint density at radius 1 is 1.35 bits per heavy atom. The van der Waals surface area contributed by atoms with Crippen molar-refractivity contribution in [2.24, 2.45) is 5.92 Å². The predicted molar refractivity (Wildman–Crippen MR) is 82.5 cm³/mol. The van der Waals surface area contributed by atoms with Gasteiger partial charge in [-0.15, -0.1) is 0 Å². The molecule has 1 unspecified atom stereocenters. The zero-order chi connectivity index (χ0) is 14.1. The number of aliphatic hydroxyl groups excluding tert-OH is 1. The lowest BCUT2D eigenvalue weighted by atomic mass is 9.96. The Morgan fingerprint density at radius 2 is 2.00 bits per heavy atom. The average molecular weight is 335 g/mol. The van der Waals surface area contributed by atoms with E-state index in [0.29, 0.717) is 0 Å². The Bertz CT molecular complexity index is 583. The number of benzene rings is 1. The van der Waals surface area contributed by atoms with Crippen LogP contribution < -0.4 is 0 Å². The summed E-state index contributed by atoms with van der Waals surface area (Å²) >= 11 is 3.53. The van der Waals surface area contributed by atoms with Crippen LogP contribution >= 0.6 is 15.9 Å². The van der Waals surface area contributed by atoms with E-state index in [1.165, 1.54) is 11.1 Å². The van der Waals surface area contributed by atoms with E-state index < -0.39 is 6.10 Å². The number of hydrogen-bond donors (Lipinski definition) is 1. The molecule has 0 saturated carbocycles. The topological polar surface area (TPSA) is 38.0 Å². The van der Waals surface area contributed by atoms with Crippen molar-refractivity contribution < 1.29 is 5.11 Å². The molecular weight excluding hydrogens is 316 g/mol. The molecule has 20 heavy (non-hydrogen) atoms. The summed E-state index contributed by atoms with van der Waals surface area (Å²) in [5.74, 6) is 0.246. The number of aromatic nitrogens is 2. The molecule has 1 aromatic carbocycles. The monoisotopic (exact) mass is 334 g/mol. The highest BCUT2D eigenvalue weighted by Crippen LogP contribution is 2.37. The maximum absolute atomic E-state index is 10.8. The van der Waals surface area contributed by atoms with Crippen molar-refractivity contribution in [3.05, 3.63) is 51.8 Å². The van der Waals surface area contributed by atoms with Crippen LogP contribution in [0.4, 0.5) is 0 Å². The normalized spacial score (nSPS) is 16.4. The zero-order valence-electron chi connectivity index (χ0n) is 11.6. The number of aliphatic hydroxyl groups is 1. The van der Waals surface area contributed by atoms with Crippen molar-refractivity contribution in [2.75, 3.05) is 0 Å². The number of aryl methyl sites for hydroxylation is 1. The molecule has 1 aromatic heterocycles. The third-order valence-electron chi connectivity index (χ3n) is 4.08. The molecule has 1 aliphatic rings. The van der Waals surface area contributed by atoms with Gasteiger partial charge in [-0.25, -0.2) is 0 Å². The molecule has 3 rings (SSSR count). The lowest BCUT2D eigenvalue weighted by Gasteiger charge is -2.19. The van der Waals surface area contributed by atoms with Crippen LogP contribution in [0.1, 0.15) is 36.3 Å². The van der Waals surface area contributed by atoms with E-state index in [2.05, 4.69) is 52.2 Å². The van der Waals surface area contributed by atoms with E-state index in [4.69, 9.17) is 0 Å². The standard InChI is InChI=1S/C16H19BrN2O/c1-2-7-19-15(14(17)10-18-19)16(20)13-8-11-5-3-4-6-12(11)9-13/h3-6,10,13,16,20H,2,7-9H2,1H3. The Kier molecular flexibility index (Phi) is 3.94. The molecule has 0 amide bonds. The van der Waals surface area contributed by atoms with Gasteiger partial charge in [-0.3, -0.25) is 4.68 Å². The van der Waals surface area contributed by atoms with E-state index in [1.807, 2.05) is 4.68 Å². The minimum absolute atomic E-state index is 0.246. The molecule has 0 fully saturated rings. The first-order valence-corrected chi connectivity index (χ1v) is 7.96. The van der Waals surface area contributed by atoms with Crippen molar-refractivity contribution >= 4 is 15.9 Å². The molecular formula is C16H19BrN2O. The van der Waals surface area contributed by atoms with Crippen LogP contribution in [-0.2, 0) is 19.4 Å². The molecule has 1 N–H and O–H groups in total. The first kappa shape index (κ1) is 13.8. The summed E-state index contributed by atoms with van der Waals surface area (Å²) < 4.78 is 2.84. The van der Waals surface area contributed by atoms with Crippen LogP contribution in [0.5, 0.6) is 0 Å². The van der Waals surface area contributed by atoms with Gasteiger partial charge in [0.15, 0.2) is 0 Å². The lowest BCUT2D eigenvalue weighted by Crippen LogP contribution is -2.18. The second-order valence-corrected chi connectivity index (χ2v) is 6.34. The maximum atomic E-state index is 10.8. The van der Waals surface area contributed by atoms with Gasteiger partial charge in [0, 0.05) is 6.54 Å². The van der Waals surface area contributed by atoms with Crippen LogP contribution in [0.3, 0.4) is 0 Å². The van der Waals surface area contributed by atoms with Crippen molar-refractivity contribution in [3.8, 4) is 0 Å². The van der Waals surface area contributed by atoms with Gasteiger partial charge in [-0.05, 0) is 52.2 Å². The van der Waals surface area contributed by atoms with Gasteiger partial charge in [-0.2, -0.15) is 5.10 Å². The fraction of sp³-hybridized carbons (Fsp3) is 0.438. The molecule has 1 aliphatic carbocycles. The van der Waals surface area contributed by atoms with E-state index >= 15 is 0 Å². The van der Waals surface area contributed by atoms with Crippen molar-refractivity contribution in [1.29, 1.82) is 0 Å². The summed E-state index contributed by atoms with van der Waals surface area (Å²) in [6.45, 7) is 2.97. The van der Waals surface area contributed by atoms with Gasteiger partial charge in [-0.1, -0.05) is 31.2 Å². The number of rotatable bonds is 4. The number of halogens is 1.